The summed E-state index contributed by atoms with van der Waals surface area (Å²) in [6.07, 6.45) is 2.78. The Labute approximate surface area is 169 Å². The minimum atomic E-state index is -4.63. The molecule has 0 bridgehead atoms. The molecule has 12 heteroatoms. The molecule has 3 heterocycles. The van der Waals surface area contributed by atoms with Gasteiger partial charge in [0, 0.05) is 16.5 Å². The van der Waals surface area contributed by atoms with Crippen LogP contribution in [0.15, 0.2) is 41.6 Å². The van der Waals surface area contributed by atoms with Gasteiger partial charge in [-0.05, 0) is 30.7 Å². The maximum Gasteiger partial charge on any atom is 0.264 e. The van der Waals surface area contributed by atoms with Crippen LogP contribution in [0.4, 0.5) is 5.69 Å². The van der Waals surface area contributed by atoms with Crippen LogP contribution < -0.4 is 10.9 Å². The van der Waals surface area contributed by atoms with E-state index in [1.807, 2.05) is 0 Å². The molecule has 0 aliphatic carbocycles. The van der Waals surface area contributed by atoms with E-state index in [1.165, 1.54) is 17.2 Å². The van der Waals surface area contributed by atoms with Crippen molar-refractivity contribution >= 4 is 43.9 Å². The lowest BCUT2D eigenvalue weighted by Gasteiger charge is -2.24. The highest BCUT2D eigenvalue weighted by molar-refractivity contribution is 8.10. The lowest BCUT2D eigenvalue weighted by molar-refractivity contribution is -0.116. The van der Waals surface area contributed by atoms with Crippen molar-refractivity contribution in [1.82, 2.24) is 19.3 Å². The number of halogens is 1. The van der Waals surface area contributed by atoms with E-state index in [0.29, 0.717) is 10.7 Å². The molecule has 0 saturated carbocycles. The van der Waals surface area contributed by atoms with Gasteiger partial charge in [-0.15, -0.1) is 0 Å². The minimum absolute atomic E-state index is 0.179. The van der Waals surface area contributed by atoms with E-state index in [-0.39, 0.29) is 35.5 Å². The number of carbonyl (C=O) groups excluding carboxylic acids is 1. The van der Waals surface area contributed by atoms with Crippen LogP contribution in [-0.2, 0) is 21.0 Å². The molecular formula is C17H18ClN5O5S. The Morgan fingerprint density at radius 1 is 1.31 bits per heavy atom. The smallest absolute Gasteiger partial charge is 0.264 e. The van der Waals surface area contributed by atoms with Crippen LogP contribution >= 0.6 is 11.6 Å². The monoisotopic (exact) mass is 439 g/mol. The normalized spacial score (nSPS) is 21.5. The van der Waals surface area contributed by atoms with E-state index in [1.54, 1.807) is 24.3 Å². The lowest BCUT2D eigenvalue weighted by Crippen LogP contribution is -2.34. The predicted octanol–water partition coefficient (Wildman–Crippen LogP) is 1.60. The molecule has 154 valence electrons. The summed E-state index contributed by atoms with van der Waals surface area (Å²) in [5, 5.41) is 7.50. The van der Waals surface area contributed by atoms with E-state index >= 15 is 0 Å². The Bertz CT molecular complexity index is 1230. The number of benzene rings is 1. The summed E-state index contributed by atoms with van der Waals surface area (Å²) in [5.41, 5.74) is 0.317. The Kier molecular flexibility index (Phi) is 4.57. The third-order valence-electron chi connectivity index (χ3n) is 4.76. The van der Waals surface area contributed by atoms with Crippen LogP contribution in [0.5, 0.6) is 0 Å². The molecule has 1 unspecified atom stereocenters. The van der Waals surface area contributed by atoms with Crippen molar-refractivity contribution in [1.29, 1.82) is 0 Å². The van der Waals surface area contributed by atoms with Crippen molar-refractivity contribution in [3.63, 3.8) is 0 Å². The number of carbonyl (C=O) groups is 1. The van der Waals surface area contributed by atoms with Gasteiger partial charge in [0.15, 0.2) is 5.65 Å². The van der Waals surface area contributed by atoms with Crippen molar-refractivity contribution < 1.29 is 18.1 Å². The molecule has 1 aliphatic heterocycles. The Morgan fingerprint density at radius 2 is 2.03 bits per heavy atom. The first kappa shape index (κ1) is 19.7. The molecule has 3 N–H and O–H groups in total. The van der Waals surface area contributed by atoms with Gasteiger partial charge < -0.3 is 14.4 Å². The molecule has 29 heavy (non-hydrogen) atoms. The standard InChI is InChI=1S/C17H18ClN5O5S/c18-11-1-3-12(4-2-11)21-15(24)8-22-10-19-16-14(17(22)25)7-20-23(16)13-5-6-29(26,27,28)9-13/h1-4,7,10,13H,5-6,8-9H2,(H,21,24)(H2,26,27,28). The molecule has 0 radical (unpaired) electrons. The third kappa shape index (κ3) is 4.08. The topological polar surface area (TPSA) is 139 Å². The average Bonchev–Trinajstić information content (AvgIpc) is 3.20. The predicted molar refractivity (Wildman–Crippen MR) is 109 cm³/mol. The number of rotatable bonds is 4. The molecule has 0 spiro atoms. The molecule has 1 aromatic carbocycles. The van der Waals surface area contributed by atoms with E-state index < -0.39 is 27.1 Å². The summed E-state index contributed by atoms with van der Waals surface area (Å²) in [6.45, 7) is -0.248. The van der Waals surface area contributed by atoms with Crippen LogP contribution in [0.1, 0.15) is 12.5 Å². The number of anilines is 1. The summed E-state index contributed by atoms with van der Waals surface area (Å²) in [5.74, 6) is -1.02. The van der Waals surface area contributed by atoms with Crippen LogP contribution in [0.3, 0.4) is 0 Å². The van der Waals surface area contributed by atoms with Gasteiger partial charge in [-0.2, -0.15) is 5.10 Å². The fourth-order valence-corrected chi connectivity index (χ4v) is 5.47. The minimum Gasteiger partial charge on any atom is -0.325 e. The molecule has 1 amide bonds. The number of hydrogen-bond donors (Lipinski definition) is 3. The van der Waals surface area contributed by atoms with Crippen LogP contribution in [0.25, 0.3) is 11.0 Å². The van der Waals surface area contributed by atoms with E-state index in [2.05, 4.69) is 15.4 Å². The summed E-state index contributed by atoms with van der Waals surface area (Å²) in [4.78, 5) is 29.1. The molecule has 2 aromatic heterocycles. The van der Waals surface area contributed by atoms with Gasteiger partial charge >= 0.3 is 0 Å². The highest BCUT2D eigenvalue weighted by Gasteiger charge is 2.42. The van der Waals surface area contributed by atoms with Crippen molar-refractivity contribution in [2.24, 2.45) is 0 Å². The summed E-state index contributed by atoms with van der Waals surface area (Å²) in [6, 6.07) is 6.01. The van der Waals surface area contributed by atoms with Crippen molar-refractivity contribution in [3.8, 4) is 0 Å². The second kappa shape index (κ2) is 6.73. The number of nitrogens with zero attached hydrogens (tertiary/aromatic N) is 4. The van der Waals surface area contributed by atoms with Gasteiger partial charge in [0.1, 0.15) is 18.3 Å². The molecule has 3 aromatic rings. The first-order valence-electron chi connectivity index (χ1n) is 8.71. The van der Waals surface area contributed by atoms with Crippen molar-refractivity contribution in [2.75, 3.05) is 16.8 Å². The average molecular weight is 440 g/mol. The first-order valence-corrected chi connectivity index (χ1v) is 11.3. The molecule has 4 rings (SSSR count). The highest BCUT2D eigenvalue weighted by atomic mass is 35.5. The number of aromatic nitrogens is 4. The fourth-order valence-electron chi connectivity index (χ4n) is 3.35. The Hall–Kier alpha value is -2.60. The second-order valence-electron chi connectivity index (χ2n) is 7.06. The number of amides is 1. The van der Waals surface area contributed by atoms with Crippen LogP contribution in [-0.4, -0.2) is 50.1 Å². The number of nitrogens with one attached hydrogen (secondary N) is 1. The zero-order chi connectivity index (χ0) is 20.8. The van der Waals surface area contributed by atoms with Crippen molar-refractivity contribution in [3.05, 3.63) is 52.2 Å². The molecule has 10 nitrogen and oxygen atoms in total. The summed E-state index contributed by atoms with van der Waals surface area (Å²) in [7, 11) is -4.63. The zero-order valence-corrected chi connectivity index (χ0v) is 16.6. The fraction of sp³-hybridized carbons (Fsp3) is 0.294. The van der Waals surface area contributed by atoms with Crippen molar-refractivity contribution in [2.45, 2.75) is 19.0 Å². The molecule has 1 aliphatic rings. The highest BCUT2D eigenvalue weighted by Crippen LogP contribution is 2.35. The number of fused-ring (bicyclic) bond motifs is 1. The van der Waals surface area contributed by atoms with Crippen LogP contribution in [0, 0.1) is 0 Å². The largest absolute Gasteiger partial charge is 0.325 e. The molecule has 1 atom stereocenters. The summed E-state index contributed by atoms with van der Waals surface area (Å²) >= 11 is 5.81. The summed E-state index contributed by atoms with van der Waals surface area (Å²) < 4.78 is 34.0. The van der Waals surface area contributed by atoms with Gasteiger partial charge in [0.2, 0.25) is 5.91 Å². The third-order valence-corrected chi connectivity index (χ3v) is 7.12. The quantitative estimate of drug-likeness (QED) is 0.560. The van der Waals surface area contributed by atoms with Gasteiger partial charge in [-0.1, -0.05) is 11.6 Å². The molecular weight excluding hydrogens is 422 g/mol. The lowest BCUT2D eigenvalue weighted by atomic mass is 10.3. The number of hydrogen-bond acceptors (Lipinski definition) is 5. The van der Waals surface area contributed by atoms with E-state index in [0.717, 1.165) is 4.57 Å². The van der Waals surface area contributed by atoms with Gasteiger partial charge in [-0.3, -0.25) is 14.2 Å². The Morgan fingerprint density at radius 3 is 2.69 bits per heavy atom. The molecule has 1 fully saturated rings. The molecule has 1 saturated heterocycles. The first-order chi connectivity index (χ1) is 13.6. The van der Waals surface area contributed by atoms with Gasteiger partial charge in [0.25, 0.3) is 5.56 Å². The van der Waals surface area contributed by atoms with E-state index in [9.17, 15) is 22.9 Å². The second-order valence-corrected chi connectivity index (χ2v) is 10.6. The zero-order valence-electron chi connectivity index (χ0n) is 15.1. The maximum atomic E-state index is 12.7. The van der Waals surface area contributed by atoms with E-state index in [4.69, 9.17) is 11.6 Å². The maximum absolute atomic E-state index is 12.7. The van der Waals surface area contributed by atoms with Gasteiger partial charge in [-0.25, -0.2) is 13.9 Å². The Balaban J connectivity index is 1.56. The van der Waals surface area contributed by atoms with Gasteiger partial charge in [0.05, 0.1) is 27.6 Å². The SMILES string of the molecule is O=C(Cn1cnc2c(cnn2C2CCS(=O)(O)(O)C2)c1=O)Nc1ccc(Cl)cc1. The van der Waals surface area contributed by atoms with Crippen LogP contribution in [0.2, 0.25) is 5.02 Å².